The maximum atomic E-state index is 16.1. The van der Waals surface area contributed by atoms with Crippen molar-refractivity contribution in [2.75, 3.05) is 20.8 Å². The predicted octanol–water partition coefficient (Wildman–Crippen LogP) is 10.4. The van der Waals surface area contributed by atoms with E-state index in [2.05, 4.69) is 76.1 Å². The fourth-order valence-corrected chi connectivity index (χ4v) is 8.95. The van der Waals surface area contributed by atoms with Gasteiger partial charge in [-0.2, -0.15) is 0 Å². The molecule has 0 fully saturated rings. The number of allylic oxidation sites excluding steroid dienone is 1. The van der Waals surface area contributed by atoms with E-state index in [4.69, 9.17) is 14.2 Å². The minimum Gasteiger partial charge on any atom is -0.497 e. The molecule has 7 rings (SSSR count). The third-order valence-electron chi connectivity index (χ3n) is 9.15. The van der Waals surface area contributed by atoms with E-state index in [9.17, 15) is 0 Å². The van der Waals surface area contributed by atoms with E-state index in [1.807, 2.05) is 36.4 Å². The Labute approximate surface area is 272 Å². The van der Waals surface area contributed by atoms with Crippen molar-refractivity contribution in [3.8, 4) is 22.6 Å². The molecule has 2 atom stereocenters. The van der Waals surface area contributed by atoms with Gasteiger partial charge < -0.3 is 14.2 Å². The van der Waals surface area contributed by atoms with Gasteiger partial charge in [0.25, 0.3) is 0 Å². The SMILES string of the molecule is COCC1C=CC(C2(c3ccc(OC)cc3)C=Cc3c4c(c5c(F)cc(F)cc5c3O2)-c2cc(Br)cc(Br)c2C4(C)C)=CC1. The maximum Gasteiger partial charge on any atom is 0.177 e. The van der Waals surface area contributed by atoms with Gasteiger partial charge in [0.2, 0.25) is 0 Å². The van der Waals surface area contributed by atoms with E-state index in [0.717, 1.165) is 66.1 Å². The van der Waals surface area contributed by atoms with Gasteiger partial charge in [0, 0.05) is 55.4 Å². The van der Waals surface area contributed by atoms with Crippen LogP contribution in [-0.4, -0.2) is 20.8 Å². The summed E-state index contributed by atoms with van der Waals surface area (Å²) in [5.41, 5.74) is 4.77. The van der Waals surface area contributed by atoms with Crippen LogP contribution in [-0.2, 0) is 15.8 Å². The predicted molar refractivity (Wildman–Crippen MR) is 178 cm³/mol. The van der Waals surface area contributed by atoms with Crippen LogP contribution in [0.25, 0.3) is 28.0 Å². The third kappa shape index (κ3) is 4.34. The summed E-state index contributed by atoms with van der Waals surface area (Å²) in [5.74, 6) is 0.158. The Bertz CT molecular complexity index is 1940. The second kappa shape index (κ2) is 10.7. The average Bonchev–Trinajstić information content (AvgIpc) is 3.23. The molecule has 44 heavy (non-hydrogen) atoms. The Morgan fingerprint density at radius 1 is 0.977 bits per heavy atom. The molecule has 0 radical (unpaired) electrons. The summed E-state index contributed by atoms with van der Waals surface area (Å²) in [4.78, 5) is 0. The smallest absolute Gasteiger partial charge is 0.177 e. The van der Waals surface area contributed by atoms with Crippen molar-refractivity contribution in [1.29, 1.82) is 0 Å². The summed E-state index contributed by atoms with van der Waals surface area (Å²) in [7, 11) is 3.33. The molecule has 0 amide bonds. The molecule has 0 spiro atoms. The number of methoxy groups -OCH3 is 2. The van der Waals surface area contributed by atoms with Crippen molar-refractivity contribution in [3.05, 3.63) is 121 Å². The second-order valence-electron chi connectivity index (χ2n) is 12.1. The molecule has 0 saturated heterocycles. The lowest BCUT2D eigenvalue weighted by molar-refractivity contribution is 0.156. The molecular weight excluding hydrogens is 690 g/mol. The number of rotatable bonds is 5. The lowest BCUT2D eigenvalue weighted by Crippen LogP contribution is -2.36. The number of hydrogen-bond acceptors (Lipinski definition) is 3. The molecule has 3 nitrogen and oxygen atoms in total. The van der Waals surface area contributed by atoms with Gasteiger partial charge in [0.15, 0.2) is 5.60 Å². The Morgan fingerprint density at radius 3 is 2.43 bits per heavy atom. The van der Waals surface area contributed by atoms with Gasteiger partial charge in [0.1, 0.15) is 23.1 Å². The van der Waals surface area contributed by atoms with Gasteiger partial charge in [-0.05, 0) is 70.7 Å². The van der Waals surface area contributed by atoms with Gasteiger partial charge in [-0.15, -0.1) is 0 Å². The lowest BCUT2D eigenvalue weighted by Gasteiger charge is -2.40. The first-order chi connectivity index (χ1) is 21.1. The van der Waals surface area contributed by atoms with Crippen molar-refractivity contribution in [2.24, 2.45) is 5.92 Å². The molecule has 3 aliphatic rings. The van der Waals surface area contributed by atoms with E-state index >= 15 is 8.78 Å². The van der Waals surface area contributed by atoms with Crippen LogP contribution >= 0.6 is 31.9 Å². The highest BCUT2D eigenvalue weighted by Crippen LogP contribution is 2.60. The monoisotopic (exact) mass is 718 g/mol. The van der Waals surface area contributed by atoms with Gasteiger partial charge in [-0.3, -0.25) is 0 Å². The van der Waals surface area contributed by atoms with Crippen LogP contribution in [0.15, 0.2) is 87.4 Å². The topological polar surface area (TPSA) is 27.7 Å². The molecule has 2 aliphatic carbocycles. The van der Waals surface area contributed by atoms with E-state index in [-0.39, 0.29) is 5.92 Å². The second-order valence-corrected chi connectivity index (χ2v) is 13.9. The summed E-state index contributed by atoms with van der Waals surface area (Å²) in [5, 5.41) is 0.750. The first-order valence-corrected chi connectivity index (χ1v) is 16.1. The number of halogens is 4. The molecule has 0 bridgehead atoms. The number of ether oxygens (including phenoxy) is 3. The highest BCUT2D eigenvalue weighted by atomic mass is 79.9. The van der Waals surface area contributed by atoms with Crippen LogP contribution in [0, 0.1) is 17.6 Å². The van der Waals surface area contributed by atoms with Gasteiger partial charge in [-0.25, -0.2) is 8.78 Å². The largest absolute Gasteiger partial charge is 0.497 e. The molecular formula is C37H30Br2F2O3. The minimum atomic E-state index is -1.04. The first-order valence-electron chi connectivity index (χ1n) is 14.5. The maximum absolute atomic E-state index is 16.1. The number of fused-ring (bicyclic) bond motifs is 8. The molecule has 0 saturated carbocycles. The zero-order chi connectivity index (χ0) is 31.0. The van der Waals surface area contributed by atoms with Crippen molar-refractivity contribution >= 4 is 48.7 Å². The summed E-state index contributed by atoms with van der Waals surface area (Å²) in [6, 6.07) is 14.2. The molecule has 4 aromatic rings. The third-order valence-corrected chi connectivity index (χ3v) is 10.2. The molecule has 1 heterocycles. The van der Waals surface area contributed by atoms with Crippen LogP contribution in [0.4, 0.5) is 8.78 Å². The van der Waals surface area contributed by atoms with E-state index in [1.165, 1.54) is 6.07 Å². The van der Waals surface area contributed by atoms with Crippen molar-refractivity contribution in [2.45, 2.75) is 31.3 Å². The van der Waals surface area contributed by atoms with E-state index in [0.29, 0.717) is 23.1 Å². The first kappa shape index (κ1) is 29.5. The van der Waals surface area contributed by atoms with Crippen molar-refractivity contribution < 1.29 is 23.0 Å². The normalized spacial score (nSPS) is 21.0. The average molecular weight is 720 g/mol. The Kier molecular flexibility index (Phi) is 7.15. The van der Waals surface area contributed by atoms with Gasteiger partial charge in [-0.1, -0.05) is 82.1 Å². The summed E-state index contributed by atoms with van der Waals surface area (Å²) >= 11 is 7.42. The zero-order valence-corrected chi connectivity index (χ0v) is 27.9. The quantitative estimate of drug-likeness (QED) is 0.206. The molecule has 1 aliphatic heterocycles. The van der Waals surface area contributed by atoms with Crippen molar-refractivity contribution in [1.82, 2.24) is 0 Å². The van der Waals surface area contributed by atoms with Gasteiger partial charge >= 0.3 is 0 Å². The molecule has 0 aromatic heterocycles. The van der Waals surface area contributed by atoms with Crippen LogP contribution in [0.2, 0.25) is 0 Å². The Balaban J connectivity index is 1.53. The summed E-state index contributed by atoms with van der Waals surface area (Å²) in [6.45, 7) is 4.91. The molecule has 4 aromatic carbocycles. The van der Waals surface area contributed by atoms with Crippen LogP contribution in [0.5, 0.6) is 11.5 Å². The van der Waals surface area contributed by atoms with Crippen molar-refractivity contribution in [3.63, 3.8) is 0 Å². The standard InChI is InChI=1S/C37H30Br2F2O3/c1-36(2)33-27(15-23(38)16-29(33)39)32-31-28(17-24(40)18-30(31)41)35-26(34(32)36)13-14-37(44-35,22-9-11-25(43-4)12-10-22)21-7-5-20(6-8-21)19-42-3/h5,7-18,20H,6,19H2,1-4H3. The fourth-order valence-electron chi connectivity index (χ4n) is 7.23. The number of benzene rings is 4. The molecule has 2 unspecified atom stereocenters. The highest BCUT2D eigenvalue weighted by molar-refractivity contribution is 9.11. The van der Waals surface area contributed by atoms with Crippen LogP contribution in [0.3, 0.4) is 0 Å². The highest BCUT2D eigenvalue weighted by Gasteiger charge is 2.46. The Morgan fingerprint density at radius 2 is 1.75 bits per heavy atom. The zero-order valence-electron chi connectivity index (χ0n) is 24.7. The molecule has 7 heteroatoms. The molecule has 0 N–H and O–H groups in total. The fraction of sp³-hybridized carbons (Fsp3) is 0.243. The molecule has 224 valence electrons. The van der Waals surface area contributed by atoms with Crippen LogP contribution < -0.4 is 9.47 Å². The summed E-state index contributed by atoms with van der Waals surface area (Å²) in [6.07, 6.45) is 11.3. The lowest BCUT2D eigenvalue weighted by atomic mass is 9.76. The summed E-state index contributed by atoms with van der Waals surface area (Å²) < 4.78 is 51.0. The minimum absolute atomic E-state index is 0.251. The van der Waals surface area contributed by atoms with E-state index in [1.54, 1.807) is 14.2 Å². The number of hydrogen-bond donors (Lipinski definition) is 0. The van der Waals surface area contributed by atoms with Crippen LogP contribution in [0.1, 0.15) is 42.5 Å². The van der Waals surface area contributed by atoms with E-state index < -0.39 is 22.7 Å². The van der Waals surface area contributed by atoms with Gasteiger partial charge in [0.05, 0.1) is 13.7 Å². The Hall–Kier alpha value is -3.26.